The molecule has 0 radical (unpaired) electrons. The molecule has 1 heteroatoms. The van der Waals surface area contributed by atoms with E-state index in [4.69, 9.17) is 0 Å². The minimum Gasteiger partial charge on any atom is -0.316 e. The fourth-order valence-electron chi connectivity index (χ4n) is 2.51. The second-order valence-corrected chi connectivity index (χ2v) is 6.51. The van der Waals surface area contributed by atoms with Gasteiger partial charge in [0.05, 0.1) is 0 Å². The van der Waals surface area contributed by atoms with Crippen molar-refractivity contribution in [1.29, 1.82) is 0 Å². The largest absolute Gasteiger partial charge is 0.316 e. The van der Waals surface area contributed by atoms with Crippen molar-refractivity contribution in [2.24, 2.45) is 0 Å². The van der Waals surface area contributed by atoms with Crippen molar-refractivity contribution >= 4 is 0 Å². The molecule has 1 N–H and O–H groups in total. The molecule has 0 fully saturated rings. The van der Waals surface area contributed by atoms with E-state index in [-0.39, 0.29) is 5.41 Å². The molecular formula is C19H25N. The SMILES string of the molecule is CNCc1ccc(-c2ccc(C(C)(C)C)cc2)c(C)c1. The number of nitrogens with one attached hydrogen (secondary N) is 1. The van der Waals surface area contributed by atoms with Gasteiger partial charge in [0, 0.05) is 6.54 Å². The first-order chi connectivity index (χ1) is 9.41. The van der Waals surface area contributed by atoms with Gasteiger partial charge in [-0.05, 0) is 47.2 Å². The number of hydrogen-bond acceptors (Lipinski definition) is 1. The number of benzene rings is 2. The van der Waals surface area contributed by atoms with Gasteiger partial charge < -0.3 is 5.32 Å². The summed E-state index contributed by atoms with van der Waals surface area (Å²) in [4.78, 5) is 0. The van der Waals surface area contributed by atoms with Gasteiger partial charge in [0.15, 0.2) is 0 Å². The van der Waals surface area contributed by atoms with E-state index in [0.717, 1.165) is 6.54 Å². The van der Waals surface area contributed by atoms with Crippen molar-refractivity contribution < 1.29 is 0 Å². The summed E-state index contributed by atoms with van der Waals surface area (Å²) in [7, 11) is 1.98. The van der Waals surface area contributed by atoms with Gasteiger partial charge in [-0.2, -0.15) is 0 Å². The van der Waals surface area contributed by atoms with Crippen LogP contribution in [0.5, 0.6) is 0 Å². The van der Waals surface area contributed by atoms with Gasteiger partial charge in [0.1, 0.15) is 0 Å². The van der Waals surface area contributed by atoms with Crippen molar-refractivity contribution in [2.75, 3.05) is 7.05 Å². The minimum absolute atomic E-state index is 0.213. The molecule has 2 aromatic rings. The normalized spacial score (nSPS) is 11.7. The fraction of sp³-hybridized carbons (Fsp3) is 0.368. The van der Waals surface area contributed by atoms with Crippen LogP contribution >= 0.6 is 0 Å². The molecule has 0 unspecified atom stereocenters. The van der Waals surface area contributed by atoms with Gasteiger partial charge >= 0.3 is 0 Å². The van der Waals surface area contributed by atoms with Gasteiger partial charge in [-0.3, -0.25) is 0 Å². The van der Waals surface area contributed by atoms with Crippen molar-refractivity contribution in [3.8, 4) is 11.1 Å². The lowest BCUT2D eigenvalue weighted by Gasteiger charge is -2.19. The van der Waals surface area contributed by atoms with Crippen LogP contribution in [-0.4, -0.2) is 7.05 Å². The summed E-state index contributed by atoms with van der Waals surface area (Å²) < 4.78 is 0. The highest BCUT2D eigenvalue weighted by Gasteiger charge is 2.13. The van der Waals surface area contributed by atoms with Crippen LogP contribution in [0, 0.1) is 6.92 Å². The van der Waals surface area contributed by atoms with Crippen LogP contribution in [0.15, 0.2) is 42.5 Å². The molecule has 0 aromatic heterocycles. The van der Waals surface area contributed by atoms with Crippen molar-refractivity contribution in [3.05, 3.63) is 59.2 Å². The molecule has 1 nitrogen and oxygen atoms in total. The molecule has 20 heavy (non-hydrogen) atoms. The van der Waals surface area contributed by atoms with Crippen LogP contribution in [0.1, 0.15) is 37.5 Å². The first kappa shape index (κ1) is 14.8. The Morgan fingerprint density at radius 1 is 0.950 bits per heavy atom. The summed E-state index contributed by atoms with van der Waals surface area (Å²) in [6.07, 6.45) is 0. The van der Waals surface area contributed by atoms with Gasteiger partial charge in [0.25, 0.3) is 0 Å². The Hall–Kier alpha value is -1.60. The first-order valence-corrected chi connectivity index (χ1v) is 7.27. The summed E-state index contributed by atoms with van der Waals surface area (Å²) >= 11 is 0. The summed E-state index contributed by atoms with van der Waals surface area (Å²) in [5, 5.41) is 3.19. The van der Waals surface area contributed by atoms with E-state index < -0.39 is 0 Å². The van der Waals surface area contributed by atoms with Crippen molar-refractivity contribution in [2.45, 2.75) is 39.7 Å². The van der Waals surface area contributed by atoms with E-state index in [1.54, 1.807) is 0 Å². The molecule has 0 amide bonds. The van der Waals surface area contributed by atoms with Gasteiger partial charge in [-0.1, -0.05) is 63.2 Å². The zero-order valence-corrected chi connectivity index (χ0v) is 13.2. The molecule has 2 rings (SSSR count). The van der Waals surface area contributed by atoms with Crippen LogP contribution in [-0.2, 0) is 12.0 Å². The Morgan fingerprint density at radius 3 is 2.10 bits per heavy atom. The average molecular weight is 267 g/mol. The van der Waals surface area contributed by atoms with Crippen LogP contribution in [0.25, 0.3) is 11.1 Å². The Morgan fingerprint density at radius 2 is 1.60 bits per heavy atom. The molecule has 106 valence electrons. The Bertz CT molecular complexity index is 574. The summed E-state index contributed by atoms with van der Waals surface area (Å²) in [6.45, 7) is 9.86. The summed E-state index contributed by atoms with van der Waals surface area (Å²) in [5.41, 5.74) is 6.88. The highest BCUT2D eigenvalue weighted by Crippen LogP contribution is 2.28. The second kappa shape index (κ2) is 5.80. The molecule has 0 aliphatic rings. The molecule has 0 atom stereocenters. The fourth-order valence-corrected chi connectivity index (χ4v) is 2.51. The van der Waals surface area contributed by atoms with E-state index >= 15 is 0 Å². The van der Waals surface area contributed by atoms with Gasteiger partial charge in [0.2, 0.25) is 0 Å². The number of rotatable bonds is 3. The summed E-state index contributed by atoms with van der Waals surface area (Å²) in [5.74, 6) is 0. The third-order valence-electron chi connectivity index (χ3n) is 3.73. The molecule has 0 bridgehead atoms. The standard InChI is InChI=1S/C19H25N/c1-14-12-15(13-20-5)6-11-18(14)16-7-9-17(10-8-16)19(2,3)4/h6-12,20H,13H2,1-5H3. The summed E-state index contributed by atoms with van der Waals surface area (Å²) in [6, 6.07) is 15.7. The lowest BCUT2D eigenvalue weighted by Crippen LogP contribution is -2.10. The maximum absolute atomic E-state index is 3.19. The Labute approximate surface area is 123 Å². The first-order valence-electron chi connectivity index (χ1n) is 7.27. The molecule has 0 heterocycles. The lowest BCUT2D eigenvalue weighted by molar-refractivity contribution is 0.590. The molecule has 0 aliphatic heterocycles. The Kier molecular flexibility index (Phi) is 4.29. The molecule has 0 saturated carbocycles. The minimum atomic E-state index is 0.213. The molecule has 0 aliphatic carbocycles. The smallest absolute Gasteiger partial charge is 0.0202 e. The van der Waals surface area contributed by atoms with Crippen molar-refractivity contribution in [3.63, 3.8) is 0 Å². The van der Waals surface area contributed by atoms with E-state index in [0.29, 0.717) is 0 Å². The topological polar surface area (TPSA) is 12.0 Å². The molecule has 0 spiro atoms. The maximum Gasteiger partial charge on any atom is 0.0202 e. The van der Waals surface area contributed by atoms with E-state index in [1.807, 2.05) is 7.05 Å². The van der Waals surface area contributed by atoms with Crippen LogP contribution < -0.4 is 5.32 Å². The zero-order valence-electron chi connectivity index (χ0n) is 13.2. The number of hydrogen-bond donors (Lipinski definition) is 1. The Balaban J connectivity index is 2.32. The van der Waals surface area contributed by atoms with Crippen LogP contribution in [0.3, 0.4) is 0 Å². The highest BCUT2D eigenvalue weighted by molar-refractivity contribution is 5.68. The average Bonchev–Trinajstić information content (AvgIpc) is 2.38. The highest BCUT2D eigenvalue weighted by atomic mass is 14.8. The van der Waals surface area contributed by atoms with Crippen LogP contribution in [0.2, 0.25) is 0 Å². The predicted molar refractivity (Wildman–Crippen MR) is 88.1 cm³/mol. The van der Waals surface area contributed by atoms with E-state index in [9.17, 15) is 0 Å². The van der Waals surface area contributed by atoms with E-state index in [1.165, 1.54) is 27.8 Å². The predicted octanol–water partition coefficient (Wildman–Crippen LogP) is 4.68. The maximum atomic E-state index is 3.19. The quantitative estimate of drug-likeness (QED) is 0.851. The van der Waals surface area contributed by atoms with Crippen molar-refractivity contribution in [1.82, 2.24) is 5.32 Å². The van der Waals surface area contributed by atoms with E-state index in [2.05, 4.69) is 75.5 Å². The molecule has 0 saturated heterocycles. The molecular weight excluding hydrogens is 242 g/mol. The van der Waals surface area contributed by atoms with Gasteiger partial charge in [-0.15, -0.1) is 0 Å². The van der Waals surface area contributed by atoms with Crippen LogP contribution in [0.4, 0.5) is 0 Å². The second-order valence-electron chi connectivity index (χ2n) is 6.51. The third kappa shape index (κ3) is 3.29. The molecule has 2 aromatic carbocycles. The third-order valence-corrected chi connectivity index (χ3v) is 3.73. The monoisotopic (exact) mass is 267 g/mol. The van der Waals surface area contributed by atoms with Gasteiger partial charge in [-0.25, -0.2) is 0 Å². The lowest BCUT2D eigenvalue weighted by atomic mass is 9.86. The zero-order chi connectivity index (χ0) is 14.8. The number of aryl methyl sites for hydroxylation is 1.